The molecule has 0 amide bonds. The van der Waals surface area contributed by atoms with Crippen molar-refractivity contribution in [3.63, 3.8) is 0 Å². The average molecular weight is 433 g/mol. The zero-order valence-electron chi connectivity index (χ0n) is 24.8. The summed E-state index contributed by atoms with van der Waals surface area (Å²) in [5.41, 5.74) is 1.70. The Morgan fingerprint density at radius 2 is 2.03 bits per heavy atom. The smallest absolute Gasteiger partial charge is 0.0811 e. The molecule has 3 fully saturated rings. The van der Waals surface area contributed by atoms with Crippen LogP contribution in [0.5, 0.6) is 0 Å². The quantitative estimate of drug-likeness (QED) is 0.467. The van der Waals surface area contributed by atoms with E-state index in [0.717, 1.165) is 44.1 Å². The van der Waals surface area contributed by atoms with Gasteiger partial charge in [0.15, 0.2) is 0 Å². The first kappa shape index (κ1) is 16.5. The van der Waals surface area contributed by atoms with E-state index in [-0.39, 0.29) is 17.3 Å². The summed E-state index contributed by atoms with van der Waals surface area (Å²) in [6, 6.07) is 0. The molecule has 0 aromatic heterocycles. The van der Waals surface area contributed by atoms with Gasteiger partial charge in [-0.3, -0.25) is 0 Å². The van der Waals surface area contributed by atoms with Crippen LogP contribution in [0.15, 0.2) is 47.1 Å². The molecular weight excluding hydrogens is 384 g/mol. The van der Waals surface area contributed by atoms with E-state index in [1.807, 2.05) is 6.08 Å². The van der Waals surface area contributed by atoms with Crippen LogP contribution >= 0.6 is 0 Å². The van der Waals surface area contributed by atoms with Gasteiger partial charge in [0.25, 0.3) is 0 Å². The van der Waals surface area contributed by atoms with Crippen LogP contribution in [0.1, 0.15) is 99.5 Å². The summed E-state index contributed by atoms with van der Waals surface area (Å²) in [5, 5.41) is 30.9. The Kier molecular flexibility index (Phi) is 4.41. The topological polar surface area (TPSA) is 60.7 Å². The predicted molar refractivity (Wildman–Crippen MR) is 127 cm³/mol. The van der Waals surface area contributed by atoms with Crippen LogP contribution < -0.4 is 0 Å². The second-order valence-corrected chi connectivity index (χ2v) is 10.7. The SMILES string of the molecule is [2H]C([2H])([2H])C(O)(CCCC1(C2=CCC3/C(=C/C=C4/CC(O)C[C@H](O)C4=C)CCC[C@]23C)CC1)C([2H])([2H])[2H]. The van der Waals surface area contributed by atoms with Gasteiger partial charge >= 0.3 is 0 Å². The van der Waals surface area contributed by atoms with Crippen molar-refractivity contribution in [3.8, 4) is 0 Å². The molecule has 0 bridgehead atoms. The second-order valence-electron chi connectivity index (χ2n) is 10.7. The zero-order chi connectivity index (χ0) is 27.4. The van der Waals surface area contributed by atoms with Gasteiger partial charge in [-0.25, -0.2) is 0 Å². The molecule has 2 unspecified atom stereocenters. The fourth-order valence-corrected chi connectivity index (χ4v) is 6.59. The fourth-order valence-electron chi connectivity index (χ4n) is 6.59. The maximum atomic E-state index is 10.7. The number of rotatable bonds is 6. The van der Waals surface area contributed by atoms with Crippen LogP contribution in [-0.2, 0) is 0 Å². The van der Waals surface area contributed by atoms with Crippen molar-refractivity contribution in [2.45, 2.75) is 109 Å². The molecule has 0 aliphatic heterocycles. The molecule has 3 heteroatoms. The highest BCUT2D eigenvalue weighted by Gasteiger charge is 2.56. The molecule has 4 aliphatic carbocycles. The van der Waals surface area contributed by atoms with E-state index >= 15 is 0 Å². The molecular formula is C28H42O3. The highest BCUT2D eigenvalue weighted by molar-refractivity contribution is 5.42. The van der Waals surface area contributed by atoms with E-state index in [1.165, 1.54) is 11.1 Å². The fraction of sp³-hybridized carbons (Fsp3) is 0.714. The number of hydrogen-bond acceptors (Lipinski definition) is 3. The van der Waals surface area contributed by atoms with E-state index in [1.54, 1.807) is 0 Å². The lowest BCUT2D eigenvalue weighted by atomic mass is 9.61. The normalized spacial score (nSPS) is 41.5. The summed E-state index contributed by atoms with van der Waals surface area (Å²) in [6.45, 7) is 0.432. The van der Waals surface area contributed by atoms with Crippen LogP contribution in [0, 0.1) is 16.7 Å². The molecule has 0 aromatic carbocycles. The number of hydrogen-bond donors (Lipinski definition) is 3. The lowest BCUT2D eigenvalue weighted by Crippen LogP contribution is -2.33. The predicted octanol–water partition coefficient (Wildman–Crippen LogP) is 5.77. The van der Waals surface area contributed by atoms with Crippen LogP contribution in [0.2, 0.25) is 0 Å². The van der Waals surface area contributed by atoms with Crippen molar-refractivity contribution in [3.05, 3.63) is 47.1 Å². The molecule has 4 aliphatic rings. The largest absolute Gasteiger partial charge is 0.393 e. The maximum absolute atomic E-state index is 10.7. The summed E-state index contributed by atoms with van der Waals surface area (Å²) in [5.74, 6) is 0.374. The molecule has 3 N–H and O–H groups in total. The summed E-state index contributed by atoms with van der Waals surface area (Å²) in [6.07, 6.45) is 13.1. The molecule has 0 spiro atoms. The third-order valence-corrected chi connectivity index (χ3v) is 8.43. The maximum Gasteiger partial charge on any atom is 0.0811 e. The van der Waals surface area contributed by atoms with Gasteiger partial charge in [-0.15, -0.1) is 0 Å². The Morgan fingerprint density at radius 1 is 1.26 bits per heavy atom. The van der Waals surface area contributed by atoms with Crippen LogP contribution in [0.25, 0.3) is 0 Å². The van der Waals surface area contributed by atoms with E-state index in [4.69, 9.17) is 8.22 Å². The van der Waals surface area contributed by atoms with Crippen LogP contribution in [0.4, 0.5) is 0 Å². The summed E-state index contributed by atoms with van der Waals surface area (Å²) >= 11 is 0. The number of aliphatic hydroxyl groups excluding tert-OH is 2. The van der Waals surface area contributed by atoms with Crippen molar-refractivity contribution >= 4 is 0 Å². The Morgan fingerprint density at radius 3 is 2.74 bits per heavy atom. The van der Waals surface area contributed by atoms with Gasteiger partial charge in [-0.1, -0.05) is 42.9 Å². The zero-order valence-corrected chi connectivity index (χ0v) is 18.8. The molecule has 0 heterocycles. The highest BCUT2D eigenvalue weighted by atomic mass is 16.3. The first-order valence-corrected chi connectivity index (χ1v) is 11.9. The highest BCUT2D eigenvalue weighted by Crippen LogP contribution is 2.67. The molecule has 0 saturated heterocycles. The minimum atomic E-state index is -2.97. The van der Waals surface area contributed by atoms with Gasteiger partial charge in [-0.05, 0) is 106 Å². The molecule has 3 nitrogen and oxygen atoms in total. The minimum absolute atomic E-state index is 0.00600. The summed E-state index contributed by atoms with van der Waals surface area (Å²) < 4.78 is 45.9. The molecule has 31 heavy (non-hydrogen) atoms. The van der Waals surface area contributed by atoms with Crippen LogP contribution in [-0.4, -0.2) is 33.1 Å². The molecule has 0 radical (unpaired) electrons. The van der Waals surface area contributed by atoms with Crippen LogP contribution in [0.3, 0.4) is 0 Å². The Hall–Kier alpha value is -1.16. The van der Waals surface area contributed by atoms with Crippen molar-refractivity contribution in [1.82, 2.24) is 0 Å². The number of allylic oxidation sites excluding steroid dienone is 5. The molecule has 0 aromatic rings. The van der Waals surface area contributed by atoms with Crippen molar-refractivity contribution in [2.24, 2.45) is 16.7 Å². The Balaban J connectivity index is 1.48. The van der Waals surface area contributed by atoms with Gasteiger partial charge < -0.3 is 15.3 Å². The summed E-state index contributed by atoms with van der Waals surface area (Å²) in [7, 11) is 0. The lowest BCUT2D eigenvalue weighted by Gasteiger charge is -2.43. The van der Waals surface area contributed by atoms with Gasteiger partial charge in [0.05, 0.1) is 17.8 Å². The monoisotopic (exact) mass is 432 g/mol. The van der Waals surface area contributed by atoms with Crippen molar-refractivity contribution in [1.29, 1.82) is 0 Å². The van der Waals surface area contributed by atoms with Crippen molar-refractivity contribution < 1.29 is 23.5 Å². The van der Waals surface area contributed by atoms with E-state index in [2.05, 4.69) is 25.7 Å². The molecule has 4 atom stereocenters. The first-order chi connectivity index (χ1) is 17.0. The van der Waals surface area contributed by atoms with Gasteiger partial charge in [-0.2, -0.15) is 0 Å². The number of aliphatic hydroxyl groups is 3. The molecule has 4 rings (SSSR count). The summed E-state index contributed by atoms with van der Waals surface area (Å²) in [4.78, 5) is 0. The molecule has 172 valence electrons. The van der Waals surface area contributed by atoms with Crippen molar-refractivity contribution in [2.75, 3.05) is 0 Å². The average Bonchev–Trinajstić information content (AvgIpc) is 3.46. The van der Waals surface area contributed by atoms with E-state index < -0.39 is 31.5 Å². The molecule has 3 saturated carbocycles. The first-order valence-electron chi connectivity index (χ1n) is 14.9. The lowest BCUT2D eigenvalue weighted by molar-refractivity contribution is 0.0663. The Labute approximate surface area is 197 Å². The van der Waals surface area contributed by atoms with E-state index in [0.29, 0.717) is 37.2 Å². The standard InChI is InChI=1S/C28H42O3/c1-19-21(17-22(29)18-24(19)30)9-8-20-7-5-13-27(4)23(20)10-11-25(27)28(15-16-28)14-6-12-26(2,3)31/h8-9,11,22-24,29-31H,1,5-7,10,12-18H2,2-4H3/b20-8+,21-9-/t22?,23?,24-,27-/m0/s1/i2D3,3D3. The Bertz CT molecular complexity index is 986. The van der Waals surface area contributed by atoms with E-state index in [9.17, 15) is 15.3 Å². The second kappa shape index (κ2) is 8.32. The van der Waals surface area contributed by atoms with Gasteiger partial charge in [0.2, 0.25) is 0 Å². The van der Waals surface area contributed by atoms with Gasteiger partial charge in [0.1, 0.15) is 0 Å². The van der Waals surface area contributed by atoms with Gasteiger partial charge in [0, 0.05) is 14.6 Å². The minimum Gasteiger partial charge on any atom is -0.393 e. The third kappa shape index (κ3) is 4.65. The number of fused-ring (bicyclic) bond motifs is 1. The third-order valence-electron chi connectivity index (χ3n) is 8.43.